The summed E-state index contributed by atoms with van der Waals surface area (Å²) in [4.78, 5) is 15.1. The van der Waals surface area contributed by atoms with Crippen molar-refractivity contribution in [2.24, 2.45) is 0 Å². The van der Waals surface area contributed by atoms with Crippen molar-refractivity contribution in [1.29, 1.82) is 0 Å². The Bertz CT molecular complexity index is 701. The third-order valence-corrected chi connectivity index (χ3v) is 5.20. The van der Waals surface area contributed by atoms with Crippen molar-refractivity contribution >= 4 is 5.78 Å². The number of Topliss-reactive ketones (excluding diaryl/α,β-unsaturated/α-hetero) is 1. The maximum atomic E-state index is 12.9. The van der Waals surface area contributed by atoms with Crippen LogP contribution in [0, 0.1) is 0 Å². The van der Waals surface area contributed by atoms with Crippen LogP contribution in [-0.2, 0) is 20.8 Å². The van der Waals surface area contributed by atoms with Crippen LogP contribution in [-0.4, -0.2) is 49.1 Å². The molecule has 0 N–H and O–H groups in total. The maximum Gasteiger partial charge on any atom is 0.231 e. The molecule has 1 aromatic carbocycles. The minimum Gasteiger partial charge on any atom is -0.454 e. The van der Waals surface area contributed by atoms with Gasteiger partial charge in [0.25, 0.3) is 0 Å². The van der Waals surface area contributed by atoms with E-state index >= 15 is 0 Å². The van der Waals surface area contributed by atoms with Gasteiger partial charge < -0.3 is 18.9 Å². The fraction of sp³-hybridized carbons (Fsp3) is 0.632. The molecule has 3 atom stereocenters. The Kier molecular flexibility index (Phi) is 4.02. The lowest BCUT2D eigenvalue weighted by atomic mass is 9.87. The van der Waals surface area contributed by atoms with Gasteiger partial charge in [0.2, 0.25) is 6.79 Å². The molecule has 6 nitrogen and oxygen atoms in total. The van der Waals surface area contributed by atoms with Gasteiger partial charge in [-0.1, -0.05) is 6.92 Å². The first-order valence-corrected chi connectivity index (χ1v) is 8.82. The molecule has 0 unspecified atom stereocenters. The van der Waals surface area contributed by atoms with Crippen LogP contribution < -0.4 is 9.47 Å². The maximum absolute atomic E-state index is 12.9. The van der Waals surface area contributed by atoms with E-state index < -0.39 is 5.79 Å². The number of rotatable bonds is 0. The molecule has 0 amide bonds. The molecule has 25 heavy (non-hydrogen) atoms. The fourth-order valence-electron chi connectivity index (χ4n) is 3.99. The molecule has 3 aliphatic heterocycles. The predicted octanol–water partition coefficient (Wildman–Crippen LogP) is 2.44. The minimum atomic E-state index is -0.649. The average Bonchev–Trinajstić information content (AvgIpc) is 3.08. The molecule has 136 valence electrons. The monoisotopic (exact) mass is 347 g/mol. The molecule has 1 fully saturated rings. The van der Waals surface area contributed by atoms with Gasteiger partial charge in [0.15, 0.2) is 17.3 Å². The molecule has 0 bridgehead atoms. The summed E-state index contributed by atoms with van der Waals surface area (Å²) in [6.07, 6.45) is 0.0476. The number of ether oxygens (including phenoxy) is 4. The standard InChI is InChI=1S/C19H25NO5/c1-11-13-6-16-15(22-10-23-16)5-12(13)8-20(4)9-18-17(7-14(11)21)24-19(2,3)25-18/h5-6,11,17-18H,7-10H2,1-4H3/t11-,17+,18+/m0/s1. The number of carbonyl (C=O) groups is 1. The Morgan fingerprint density at radius 3 is 2.56 bits per heavy atom. The molecule has 1 saturated heterocycles. The number of fused-ring (bicyclic) bond motifs is 3. The quantitative estimate of drug-likeness (QED) is 0.718. The second-order valence-corrected chi connectivity index (χ2v) is 7.71. The van der Waals surface area contributed by atoms with E-state index in [1.807, 2.05) is 32.9 Å². The summed E-state index contributed by atoms with van der Waals surface area (Å²) in [5.41, 5.74) is 2.11. The summed E-state index contributed by atoms with van der Waals surface area (Å²) in [6, 6.07) is 3.97. The Morgan fingerprint density at radius 1 is 1.12 bits per heavy atom. The molecule has 0 spiro atoms. The number of hydrogen-bond donors (Lipinski definition) is 0. The Morgan fingerprint density at radius 2 is 1.80 bits per heavy atom. The van der Waals surface area contributed by atoms with Gasteiger partial charge >= 0.3 is 0 Å². The van der Waals surface area contributed by atoms with Crippen LogP contribution in [0.3, 0.4) is 0 Å². The molecular formula is C19H25NO5. The van der Waals surface area contributed by atoms with Crippen LogP contribution in [0.5, 0.6) is 11.5 Å². The first-order valence-electron chi connectivity index (χ1n) is 8.82. The van der Waals surface area contributed by atoms with Crippen LogP contribution in [0.1, 0.15) is 44.2 Å². The zero-order valence-electron chi connectivity index (χ0n) is 15.2. The van der Waals surface area contributed by atoms with E-state index in [0.29, 0.717) is 13.0 Å². The van der Waals surface area contributed by atoms with E-state index in [1.54, 1.807) is 0 Å². The third-order valence-electron chi connectivity index (χ3n) is 5.20. The van der Waals surface area contributed by atoms with E-state index in [-0.39, 0.29) is 30.7 Å². The molecule has 4 rings (SSSR count). The summed E-state index contributed by atoms with van der Waals surface area (Å²) in [5, 5.41) is 0. The average molecular weight is 347 g/mol. The van der Waals surface area contributed by atoms with Gasteiger partial charge in [-0.05, 0) is 44.2 Å². The molecule has 1 aromatic rings. The number of ketones is 1. The smallest absolute Gasteiger partial charge is 0.231 e. The lowest BCUT2D eigenvalue weighted by Gasteiger charge is -2.28. The highest BCUT2D eigenvalue weighted by molar-refractivity contribution is 5.86. The number of likely N-dealkylation sites (N-methyl/N-ethyl adjacent to an activating group) is 1. The topological polar surface area (TPSA) is 57.2 Å². The third kappa shape index (κ3) is 3.14. The molecule has 0 saturated carbocycles. The highest BCUT2D eigenvalue weighted by Gasteiger charge is 2.43. The summed E-state index contributed by atoms with van der Waals surface area (Å²) in [7, 11) is 2.06. The van der Waals surface area contributed by atoms with Crippen molar-refractivity contribution in [1.82, 2.24) is 4.90 Å². The van der Waals surface area contributed by atoms with Gasteiger partial charge in [0, 0.05) is 25.4 Å². The van der Waals surface area contributed by atoms with Crippen LogP contribution in [0.15, 0.2) is 12.1 Å². The van der Waals surface area contributed by atoms with E-state index in [1.165, 1.54) is 0 Å². The zero-order valence-corrected chi connectivity index (χ0v) is 15.2. The number of benzene rings is 1. The zero-order chi connectivity index (χ0) is 17.8. The Balaban J connectivity index is 1.70. The highest BCUT2D eigenvalue weighted by atomic mass is 16.8. The fourth-order valence-corrected chi connectivity index (χ4v) is 3.99. The van der Waals surface area contributed by atoms with Crippen molar-refractivity contribution < 1.29 is 23.7 Å². The summed E-state index contributed by atoms with van der Waals surface area (Å²) in [6.45, 7) is 7.43. The van der Waals surface area contributed by atoms with Gasteiger partial charge in [-0.15, -0.1) is 0 Å². The van der Waals surface area contributed by atoms with Gasteiger partial charge in [0.05, 0.1) is 6.10 Å². The molecule has 3 aliphatic rings. The Labute approximate surface area is 148 Å². The van der Waals surface area contributed by atoms with Crippen LogP contribution >= 0.6 is 0 Å². The van der Waals surface area contributed by atoms with Gasteiger partial charge in [-0.25, -0.2) is 0 Å². The molecule has 0 radical (unpaired) electrons. The summed E-state index contributed by atoms with van der Waals surface area (Å²) >= 11 is 0. The molecule has 6 heteroatoms. The predicted molar refractivity (Wildman–Crippen MR) is 90.8 cm³/mol. The molecular weight excluding hydrogens is 322 g/mol. The van der Waals surface area contributed by atoms with Crippen molar-refractivity contribution in [3.05, 3.63) is 23.3 Å². The number of carbonyl (C=O) groups excluding carboxylic acids is 1. The molecule has 3 heterocycles. The number of nitrogens with zero attached hydrogens (tertiary/aromatic N) is 1. The largest absolute Gasteiger partial charge is 0.454 e. The van der Waals surface area contributed by atoms with Crippen LogP contribution in [0.2, 0.25) is 0 Å². The van der Waals surface area contributed by atoms with Crippen molar-refractivity contribution in [2.75, 3.05) is 20.4 Å². The summed E-state index contributed by atoms with van der Waals surface area (Å²) in [5.74, 6) is 0.773. The van der Waals surface area contributed by atoms with Crippen molar-refractivity contribution in [3.63, 3.8) is 0 Å². The minimum absolute atomic E-state index is 0.105. The van der Waals surface area contributed by atoms with Crippen LogP contribution in [0.4, 0.5) is 0 Å². The van der Waals surface area contributed by atoms with Gasteiger partial charge in [0.1, 0.15) is 11.9 Å². The molecule has 0 aromatic heterocycles. The van der Waals surface area contributed by atoms with E-state index in [0.717, 1.165) is 29.2 Å². The van der Waals surface area contributed by atoms with Gasteiger partial charge in [-0.2, -0.15) is 0 Å². The van der Waals surface area contributed by atoms with Gasteiger partial charge in [-0.3, -0.25) is 9.69 Å². The second kappa shape index (κ2) is 5.97. The van der Waals surface area contributed by atoms with Crippen molar-refractivity contribution in [3.8, 4) is 11.5 Å². The van der Waals surface area contributed by atoms with Crippen molar-refractivity contribution in [2.45, 2.75) is 57.6 Å². The first-order chi connectivity index (χ1) is 11.8. The SMILES string of the molecule is C[C@@H]1C(=O)C[C@H]2OC(C)(C)O[C@@H]2CN(C)Cc2cc3c(cc21)OCO3. The second-order valence-electron chi connectivity index (χ2n) is 7.71. The van der Waals surface area contributed by atoms with E-state index in [2.05, 4.69) is 11.9 Å². The lowest BCUT2D eigenvalue weighted by molar-refractivity contribution is -0.149. The number of hydrogen-bond acceptors (Lipinski definition) is 6. The first kappa shape index (κ1) is 16.8. The van der Waals surface area contributed by atoms with E-state index in [9.17, 15) is 4.79 Å². The summed E-state index contributed by atoms with van der Waals surface area (Å²) < 4.78 is 23.1. The Hall–Kier alpha value is -1.63. The molecule has 0 aliphatic carbocycles. The van der Waals surface area contributed by atoms with E-state index in [4.69, 9.17) is 18.9 Å². The lowest BCUT2D eigenvalue weighted by Crippen LogP contribution is -2.38. The normalized spacial score (nSPS) is 31.5. The van der Waals surface area contributed by atoms with Crippen LogP contribution in [0.25, 0.3) is 0 Å². The highest BCUT2D eigenvalue weighted by Crippen LogP contribution is 2.40.